The Hall–Kier alpha value is -1.79. The first-order valence-electron chi connectivity index (χ1n) is 6.21. The van der Waals surface area contributed by atoms with Crippen molar-refractivity contribution >= 4 is 39.0 Å². The molecule has 3 aromatic rings. The minimum absolute atomic E-state index is 0.171. The number of hydrogen-bond acceptors (Lipinski definition) is 4. The molecular weight excluding hydrogens is 316 g/mol. The van der Waals surface area contributed by atoms with E-state index < -0.39 is 11.6 Å². The highest BCUT2D eigenvalue weighted by atomic mass is 35.5. The smallest absolute Gasteiger partial charge is 0.225 e. The zero-order chi connectivity index (χ0) is 14.8. The van der Waals surface area contributed by atoms with Gasteiger partial charge in [0.15, 0.2) is 0 Å². The standard InChI is InChI=1S/C14H10ClF2N3S/c15-14-19-12(11-2-4-21-13(11)20-14)18-3-1-8-5-9(16)7-10(17)6-8/h2,4-7H,1,3H2,(H,18,19,20). The predicted octanol–water partition coefficient (Wildman–Crippen LogP) is 4.28. The van der Waals surface area contributed by atoms with Crippen LogP contribution in [0.3, 0.4) is 0 Å². The molecule has 0 radical (unpaired) electrons. The van der Waals surface area contributed by atoms with Crippen LogP contribution in [0.25, 0.3) is 10.2 Å². The predicted molar refractivity (Wildman–Crippen MR) is 81.0 cm³/mol. The van der Waals surface area contributed by atoms with Crippen LogP contribution in [-0.2, 0) is 6.42 Å². The van der Waals surface area contributed by atoms with Crippen molar-refractivity contribution in [3.05, 3.63) is 52.1 Å². The summed E-state index contributed by atoms with van der Waals surface area (Å²) in [6, 6.07) is 5.40. The van der Waals surface area contributed by atoms with E-state index in [2.05, 4.69) is 15.3 Å². The van der Waals surface area contributed by atoms with Crippen molar-refractivity contribution in [1.82, 2.24) is 9.97 Å². The molecule has 0 bridgehead atoms. The molecule has 1 aromatic carbocycles. The van der Waals surface area contributed by atoms with Gasteiger partial charge in [-0.05, 0) is 47.2 Å². The third-order valence-corrected chi connectivity index (χ3v) is 3.90. The van der Waals surface area contributed by atoms with Gasteiger partial charge in [-0.15, -0.1) is 11.3 Å². The largest absolute Gasteiger partial charge is 0.369 e. The summed E-state index contributed by atoms with van der Waals surface area (Å²) in [5.41, 5.74) is 0.585. The summed E-state index contributed by atoms with van der Waals surface area (Å²) in [4.78, 5) is 9.06. The molecule has 0 fully saturated rings. The van der Waals surface area contributed by atoms with Gasteiger partial charge in [0.1, 0.15) is 22.3 Å². The summed E-state index contributed by atoms with van der Waals surface area (Å²) >= 11 is 7.34. The van der Waals surface area contributed by atoms with Gasteiger partial charge < -0.3 is 5.32 Å². The highest BCUT2D eigenvalue weighted by Gasteiger charge is 2.07. The molecule has 0 saturated heterocycles. The van der Waals surface area contributed by atoms with Crippen molar-refractivity contribution in [1.29, 1.82) is 0 Å². The lowest BCUT2D eigenvalue weighted by Crippen LogP contribution is -2.07. The number of aromatic nitrogens is 2. The van der Waals surface area contributed by atoms with E-state index in [1.165, 1.54) is 23.5 Å². The summed E-state index contributed by atoms with van der Waals surface area (Å²) in [5, 5.41) is 6.09. The summed E-state index contributed by atoms with van der Waals surface area (Å²) in [6.45, 7) is 0.487. The molecule has 0 aliphatic carbocycles. The van der Waals surface area contributed by atoms with Crippen LogP contribution in [-0.4, -0.2) is 16.5 Å². The molecular formula is C14H10ClF2N3S. The summed E-state index contributed by atoms with van der Waals surface area (Å²) in [7, 11) is 0. The quantitative estimate of drug-likeness (QED) is 0.728. The molecule has 0 atom stereocenters. The van der Waals surface area contributed by atoms with Crippen LogP contribution in [0.5, 0.6) is 0 Å². The van der Waals surface area contributed by atoms with E-state index >= 15 is 0 Å². The summed E-state index contributed by atoms with van der Waals surface area (Å²) in [5.74, 6) is -0.520. The van der Waals surface area contributed by atoms with Crippen molar-refractivity contribution in [2.24, 2.45) is 0 Å². The lowest BCUT2D eigenvalue weighted by Gasteiger charge is -2.07. The van der Waals surface area contributed by atoms with Gasteiger partial charge in [0.05, 0.1) is 5.39 Å². The number of thiophene rings is 1. The summed E-state index contributed by atoms with van der Waals surface area (Å²) in [6.07, 6.45) is 0.474. The van der Waals surface area contributed by atoms with Gasteiger partial charge in [-0.1, -0.05) is 0 Å². The number of halogens is 3. The Morgan fingerprint density at radius 2 is 1.90 bits per heavy atom. The highest BCUT2D eigenvalue weighted by Crippen LogP contribution is 2.26. The van der Waals surface area contributed by atoms with Gasteiger partial charge in [0, 0.05) is 12.6 Å². The van der Waals surface area contributed by atoms with Crippen LogP contribution in [0, 0.1) is 11.6 Å². The number of hydrogen-bond donors (Lipinski definition) is 1. The molecule has 21 heavy (non-hydrogen) atoms. The topological polar surface area (TPSA) is 37.8 Å². The van der Waals surface area contributed by atoms with Gasteiger partial charge >= 0.3 is 0 Å². The summed E-state index contributed by atoms with van der Waals surface area (Å²) < 4.78 is 26.2. The number of benzene rings is 1. The molecule has 0 aliphatic heterocycles. The fourth-order valence-electron chi connectivity index (χ4n) is 2.04. The van der Waals surface area contributed by atoms with Crippen molar-refractivity contribution in [2.75, 3.05) is 11.9 Å². The SMILES string of the molecule is Fc1cc(F)cc(CCNc2nc(Cl)nc3sccc23)c1. The first kappa shape index (κ1) is 14.2. The van der Waals surface area contributed by atoms with E-state index in [0.29, 0.717) is 24.3 Å². The first-order chi connectivity index (χ1) is 10.1. The maximum absolute atomic E-state index is 13.1. The number of nitrogens with one attached hydrogen (secondary N) is 1. The lowest BCUT2D eigenvalue weighted by molar-refractivity contribution is 0.580. The Balaban J connectivity index is 1.73. The first-order valence-corrected chi connectivity index (χ1v) is 7.47. The third-order valence-electron chi connectivity index (χ3n) is 2.93. The molecule has 2 aromatic heterocycles. The molecule has 108 valence electrons. The third kappa shape index (κ3) is 3.28. The number of anilines is 1. The Labute approximate surface area is 128 Å². The average molecular weight is 326 g/mol. The van der Waals surface area contributed by atoms with Crippen molar-refractivity contribution in [3.63, 3.8) is 0 Å². The zero-order valence-electron chi connectivity index (χ0n) is 10.7. The van der Waals surface area contributed by atoms with Crippen LogP contribution in [0.15, 0.2) is 29.6 Å². The minimum atomic E-state index is -0.574. The Kier molecular flexibility index (Phi) is 3.98. The Morgan fingerprint density at radius 1 is 1.14 bits per heavy atom. The van der Waals surface area contributed by atoms with Gasteiger partial charge in [0.25, 0.3) is 0 Å². The molecule has 3 rings (SSSR count). The maximum Gasteiger partial charge on any atom is 0.225 e. The van der Waals surface area contributed by atoms with E-state index in [4.69, 9.17) is 11.6 Å². The van der Waals surface area contributed by atoms with E-state index in [1.54, 1.807) is 0 Å². The average Bonchev–Trinajstić information content (AvgIpc) is 2.85. The number of nitrogens with zero attached hydrogens (tertiary/aromatic N) is 2. The second-order valence-electron chi connectivity index (χ2n) is 4.44. The zero-order valence-corrected chi connectivity index (χ0v) is 12.3. The lowest BCUT2D eigenvalue weighted by atomic mass is 10.1. The molecule has 0 amide bonds. The number of fused-ring (bicyclic) bond motifs is 1. The van der Waals surface area contributed by atoms with Crippen LogP contribution < -0.4 is 5.32 Å². The maximum atomic E-state index is 13.1. The monoisotopic (exact) mass is 325 g/mol. The Morgan fingerprint density at radius 3 is 2.67 bits per heavy atom. The van der Waals surface area contributed by atoms with E-state index in [-0.39, 0.29) is 5.28 Å². The van der Waals surface area contributed by atoms with E-state index in [1.807, 2.05) is 11.4 Å². The van der Waals surface area contributed by atoms with E-state index in [9.17, 15) is 8.78 Å². The highest BCUT2D eigenvalue weighted by molar-refractivity contribution is 7.16. The second kappa shape index (κ2) is 5.91. The van der Waals surface area contributed by atoms with Crippen molar-refractivity contribution in [3.8, 4) is 0 Å². The normalized spacial score (nSPS) is 11.0. The molecule has 3 nitrogen and oxygen atoms in total. The van der Waals surface area contributed by atoms with E-state index in [0.717, 1.165) is 16.3 Å². The van der Waals surface area contributed by atoms with Gasteiger partial charge in [-0.25, -0.2) is 18.7 Å². The fraction of sp³-hybridized carbons (Fsp3) is 0.143. The molecule has 2 heterocycles. The van der Waals surface area contributed by atoms with Gasteiger partial charge in [0.2, 0.25) is 5.28 Å². The second-order valence-corrected chi connectivity index (χ2v) is 5.67. The minimum Gasteiger partial charge on any atom is -0.369 e. The molecule has 0 aliphatic rings. The fourth-order valence-corrected chi connectivity index (χ4v) is 3.03. The van der Waals surface area contributed by atoms with Gasteiger partial charge in [-0.3, -0.25) is 0 Å². The molecule has 0 spiro atoms. The van der Waals surface area contributed by atoms with Gasteiger partial charge in [-0.2, -0.15) is 0 Å². The van der Waals surface area contributed by atoms with Crippen LogP contribution in [0.1, 0.15) is 5.56 Å². The van der Waals surface area contributed by atoms with Crippen molar-refractivity contribution in [2.45, 2.75) is 6.42 Å². The molecule has 7 heteroatoms. The molecule has 0 saturated carbocycles. The van der Waals surface area contributed by atoms with Crippen molar-refractivity contribution < 1.29 is 8.78 Å². The Bertz CT molecular complexity index is 771. The van der Waals surface area contributed by atoms with Crippen LogP contribution in [0.2, 0.25) is 5.28 Å². The molecule has 1 N–H and O–H groups in total. The molecule has 0 unspecified atom stereocenters. The van der Waals surface area contributed by atoms with Crippen LogP contribution in [0.4, 0.5) is 14.6 Å². The van der Waals surface area contributed by atoms with Crippen LogP contribution >= 0.6 is 22.9 Å². The number of rotatable bonds is 4.